The van der Waals surface area contributed by atoms with Crippen LogP contribution in [0.15, 0.2) is 77.7 Å². The van der Waals surface area contributed by atoms with E-state index in [4.69, 9.17) is 4.74 Å². The van der Waals surface area contributed by atoms with E-state index in [0.29, 0.717) is 36.5 Å². The molecule has 1 aliphatic heterocycles. The van der Waals surface area contributed by atoms with E-state index in [1.165, 1.54) is 16.4 Å². The lowest BCUT2D eigenvalue weighted by Crippen LogP contribution is -2.35. The largest absolute Gasteiger partial charge is 0.417 e. The minimum atomic E-state index is -3.81. The Hall–Kier alpha value is -3.39. The molecule has 30 heavy (non-hydrogen) atoms. The summed E-state index contributed by atoms with van der Waals surface area (Å²) >= 11 is 0. The molecule has 0 saturated carbocycles. The van der Waals surface area contributed by atoms with Crippen LogP contribution in [0.5, 0.6) is 5.75 Å². The van der Waals surface area contributed by atoms with Crippen molar-refractivity contribution in [3.63, 3.8) is 0 Å². The highest BCUT2D eigenvalue weighted by Crippen LogP contribution is 2.34. The number of sulfonamides is 1. The minimum Gasteiger partial charge on any atom is -0.410 e. The van der Waals surface area contributed by atoms with Crippen LogP contribution in [0.2, 0.25) is 0 Å². The molecule has 3 aromatic rings. The summed E-state index contributed by atoms with van der Waals surface area (Å²) in [7, 11) is -3.81. The van der Waals surface area contributed by atoms with Crippen molar-refractivity contribution in [3.8, 4) is 5.75 Å². The van der Waals surface area contributed by atoms with E-state index in [2.05, 4.69) is 5.32 Å². The van der Waals surface area contributed by atoms with Crippen molar-refractivity contribution in [2.45, 2.75) is 17.7 Å². The number of aryl methyl sites for hydroxylation is 1. The summed E-state index contributed by atoms with van der Waals surface area (Å²) in [6, 6.07) is 18.5. The van der Waals surface area contributed by atoms with Gasteiger partial charge in [0.15, 0.2) is 0 Å². The van der Waals surface area contributed by atoms with Gasteiger partial charge in [-0.15, -0.1) is 0 Å². The Morgan fingerprint density at radius 2 is 1.73 bits per heavy atom. The monoisotopic (exact) mass is 426 g/mol. The highest BCUT2D eigenvalue weighted by Gasteiger charge is 2.29. The number of para-hydroxylation sites is 1. The molecule has 8 heteroatoms. The van der Waals surface area contributed by atoms with Crippen LogP contribution in [0.25, 0.3) is 0 Å². The lowest BCUT2D eigenvalue weighted by atomic mass is 10.0. The number of anilines is 2. The highest BCUT2D eigenvalue weighted by molar-refractivity contribution is 7.92. The van der Waals surface area contributed by atoms with E-state index >= 15 is 0 Å². The fourth-order valence-electron chi connectivity index (χ4n) is 3.36. The van der Waals surface area contributed by atoms with Gasteiger partial charge in [-0.1, -0.05) is 18.2 Å². The maximum Gasteiger partial charge on any atom is 0.417 e. The number of amides is 1. The van der Waals surface area contributed by atoms with Crippen molar-refractivity contribution >= 4 is 27.5 Å². The standard InChI is InChI=1S/C22H19FN2O4S/c23-17-8-11-20(12-9-17)30(27,28)25-14-4-5-16-15-18(10-13-21(16)25)24-22(26)29-19-6-2-1-3-7-19/h1-3,6-13,15H,4-5,14H2,(H,24,26). The van der Waals surface area contributed by atoms with Crippen LogP contribution in [0, 0.1) is 5.82 Å². The average Bonchev–Trinajstić information content (AvgIpc) is 2.74. The molecule has 1 heterocycles. The molecule has 0 aliphatic carbocycles. The molecule has 1 N–H and O–H groups in total. The van der Waals surface area contributed by atoms with Crippen molar-refractivity contribution in [2.75, 3.05) is 16.2 Å². The number of fused-ring (bicyclic) bond motifs is 1. The van der Waals surface area contributed by atoms with Gasteiger partial charge >= 0.3 is 6.09 Å². The van der Waals surface area contributed by atoms with E-state index in [1.807, 2.05) is 6.07 Å². The lowest BCUT2D eigenvalue weighted by molar-refractivity contribution is 0.215. The fraction of sp³-hybridized carbons (Fsp3) is 0.136. The first-order valence-corrected chi connectivity index (χ1v) is 10.8. The van der Waals surface area contributed by atoms with Crippen LogP contribution in [-0.2, 0) is 16.4 Å². The molecule has 0 radical (unpaired) electrons. The molecule has 1 amide bonds. The third-order valence-corrected chi connectivity index (χ3v) is 6.58. The second kappa shape index (κ2) is 8.16. The minimum absolute atomic E-state index is 0.0328. The molecule has 0 atom stereocenters. The normalized spacial score (nSPS) is 13.4. The topological polar surface area (TPSA) is 75.7 Å². The van der Waals surface area contributed by atoms with Crippen molar-refractivity contribution in [1.82, 2.24) is 0 Å². The van der Waals surface area contributed by atoms with Crippen molar-refractivity contribution < 1.29 is 22.3 Å². The first-order valence-electron chi connectivity index (χ1n) is 9.38. The molecule has 3 aromatic carbocycles. The number of nitrogens with zero attached hydrogens (tertiary/aromatic N) is 1. The maximum absolute atomic E-state index is 13.2. The van der Waals surface area contributed by atoms with Gasteiger partial charge in [-0.2, -0.15) is 0 Å². The van der Waals surface area contributed by atoms with Crippen LogP contribution in [0.1, 0.15) is 12.0 Å². The smallest absolute Gasteiger partial charge is 0.410 e. The third-order valence-electron chi connectivity index (χ3n) is 4.76. The zero-order chi connectivity index (χ0) is 21.1. The van der Waals surface area contributed by atoms with Gasteiger partial charge in [0.25, 0.3) is 10.0 Å². The van der Waals surface area contributed by atoms with Crippen LogP contribution in [0.4, 0.5) is 20.6 Å². The quantitative estimate of drug-likeness (QED) is 0.663. The zero-order valence-corrected chi connectivity index (χ0v) is 16.7. The number of hydrogen-bond donors (Lipinski definition) is 1. The Morgan fingerprint density at radius 3 is 2.47 bits per heavy atom. The summed E-state index contributed by atoms with van der Waals surface area (Å²) in [5.74, 6) is -0.0735. The van der Waals surface area contributed by atoms with Crippen LogP contribution >= 0.6 is 0 Å². The Morgan fingerprint density at radius 1 is 1.00 bits per heavy atom. The number of carbonyl (C=O) groups is 1. The van der Waals surface area contributed by atoms with E-state index in [9.17, 15) is 17.6 Å². The van der Waals surface area contributed by atoms with Gasteiger partial charge in [0.2, 0.25) is 0 Å². The number of hydrogen-bond acceptors (Lipinski definition) is 4. The molecule has 1 aliphatic rings. The van der Waals surface area contributed by atoms with Gasteiger partial charge in [0, 0.05) is 12.2 Å². The Kier molecular flexibility index (Phi) is 5.41. The molecular weight excluding hydrogens is 407 g/mol. The summed E-state index contributed by atoms with van der Waals surface area (Å²) in [5.41, 5.74) is 1.85. The molecule has 6 nitrogen and oxygen atoms in total. The third kappa shape index (κ3) is 4.13. The Bertz CT molecular complexity index is 1170. The van der Waals surface area contributed by atoms with E-state index in [0.717, 1.165) is 17.7 Å². The van der Waals surface area contributed by atoms with Gasteiger partial charge in [-0.3, -0.25) is 9.62 Å². The van der Waals surface area contributed by atoms with Crippen LogP contribution in [-0.4, -0.2) is 21.1 Å². The summed E-state index contributed by atoms with van der Waals surface area (Å²) < 4.78 is 45.8. The average molecular weight is 426 g/mol. The van der Waals surface area contributed by atoms with Crippen molar-refractivity contribution in [2.24, 2.45) is 0 Å². The van der Waals surface area contributed by atoms with Gasteiger partial charge in [0.1, 0.15) is 11.6 Å². The van der Waals surface area contributed by atoms with Crippen molar-refractivity contribution in [3.05, 3.63) is 84.2 Å². The van der Waals surface area contributed by atoms with Gasteiger partial charge in [0.05, 0.1) is 10.6 Å². The summed E-state index contributed by atoms with van der Waals surface area (Å²) in [6.45, 7) is 0.329. The second-order valence-corrected chi connectivity index (χ2v) is 8.67. The molecule has 0 fully saturated rings. The number of carbonyl (C=O) groups excluding carboxylic acids is 1. The first kappa shape index (κ1) is 19.9. The summed E-state index contributed by atoms with van der Waals surface area (Å²) in [5, 5.41) is 2.66. The fourth-order valence-corrected chi connectivity index (χ4v) is 4.90. The highest BCUT2D eigenvalue weighted by atomic mass is 32.2. The number of rotatable bonds is 4. The molecule has 4 rings (SSSR count). The first-order chi connectivity index (χ1) is 14.4. The lowest BCUT2D eigenvalue weighted by Gasteiger charge is -2.30. The molecule has 0 unspecified atom stereocenters. The predicted molar refractivity (Wildman–Crippen MR) is 112 cm³/mol. The van der Waals surface area contributed by atoms with Crippen LogP contribution in [0.3, 0.4) is 0 Å². The summed E-state index contributed by atoms with van der Waals surface area (Å²) in [6.07, 6.45) is 0.673. The predicted octanol–water partition coefficient (Wildman–Crippen LogP) is 4.58. The van der Waals surface area contributed by atoms with E-state index in [-0.39, 0.29) is 4.90 Å². The van der Waals surface area contributed by atoms with Gasteiger partial charge < -0.3 is 4.74 Å². The zero-order valence-electron chi connectivity index (χ0n) is 15.9. The molecule has 0 saturated heterocycles. The second-order valence-electron chi connectivity index (χ2n) is 6.81. The van der Waals surface area contributed by atoms with Crippen molar-refractivity contribution in [1.29, 1.82) is 0 Å². The number of ether oxygens (including phenoxy) is 1. The molecule has 154 valence electrons. The maximum atomic E-state index is 13.2. The molecule has 0 spiro atoms. The molecule has 0 aromatic heterocycles. The number of halogens is 1. The number of benzene rings is 3. The Labute approximate surface area is 174 Å². The number of nitrogens with one attached hydrogen (secondary N) is 1. The summed E-state index contributed by atoms with van der Waals surface area (Å²) in [4.78, 5) is 12.1. The van der Waals surface area contributed by atoms with E-state index in [1.54, 1.807) is 42.5 Å². The molecular formula is C22H19FN2O4S. The van der Waals surface area contributed by atoms with Gasteiger partial charge in [-0.25, -0.2) is 17.6 Å². The van der Waals surface area contributed by atoms with E-state index < -0.39 is 21.9 Å². The SMILES string of the molecule is O=C(Nc1ccc2c(c1)CCCN2S(=O)(=O)c1ccc(F)cc1)Oc1ccccc1. The van der Waals surface area contributed by atoms with Gasteiger partial charge in [-0.05, 0) is 73.0 Å². The molecule has 0 bridgehead atoms. The Balaban J connectivity index is 1.55. The van der Waals surface area contributed by atoms with Crippen LogP contribution < -0.4 is 14.4 Å².